The molecule has 0 saturated heterocycles. The van der Waals surface area contributed by atoms with E-state index in [1.807, 2.05) is 63.2 Å². The summed E-state index contributed by atoms with van der Waals surface area (Å²) in [6.45, 7) is 10.3. The van der Waals surface area contributed by atoms with E-state index in [4.69, 9.17) is 4.74 Å². The third-order valence-corrected chi connectivity index (χ3v) is 5.21. The Bertz CT molecular complexity index is 725. The predicted octanol–water partition coefficient (Wildman–Crippen LogP) is 5.91. The van der Waals surface area contributed by atoms with Gasteiger partial charge in [-0.1, -0.05) is 54.6 Å². The summed E-state index contributed by atoms with van der Waals surface area (Å²) in [5, 5.41) is 0. The Morgan fingerprint density at radius 1 is 1.11 bits per heavy atom. The van der Waals surface area contributed by atoms with Crippen LogP contribution < -0.4 is 0 Å². The summed E-state index contributed by atoms with van der Waals surface area (Å²) in [5.41, 5.74) is 0.608. The minimum atomic E-state index is -0.518. The topological polar surface area (TPSA) is 29.5 Å². The molecular weight excluding hydrogens is 366 g/mol. The molecule has 0 N–H and O–H groups in total. The van der Waals surface area contributed by atoms with Crippen LogP contribution in [0.2, 0.25) is 0 Å². The van der Waals surface area contributed by atoms with E-state index in [0.717, 1.165) is 29.8 Å². The number of carbonyl (C=O) groups is 1. The summed E-state index contributed by atoms with van der Waals surface area (Å²) in [7, 11) is 0. The summed E-state index contributed by atoms with van der Waals surface area (Å²) >= 11 is 1.62. The largest absolute Gasteiger partial charge is 0.459 e. The molecule has 150 valence electrons. The molecule has 3 nitrogen and oxygen atoms in total. The Morgan fingerprint density at radius 2 is 1.71 bits per heavy atom. The van der Waals surface area contributed by atoms with Crippen LogP contribution in [-0.4, -0.2) is 28.5 Å². The number of carbonyl (C=O) groups excluding carboxylic acids is 1. The van der Waals surface area contributed by atoms with Gasteiger partial charge in [0, 0.05) is 11.4 Å². The zero-order valence-corrected chi connectivity index (χ0v) is 18.0. The molecule has 28 heavy (non-hydrogen) atoms. The van der Waals surface area contributed by atoms with Crippen LogP contribution >= 0.6 is 11.9 Å². The standard InChI is InChI=1S/C24H31NO2S/c1-5-6-13-18-25(28-21-16-11-8-12-17-21)22(23(26)27-24(2,3)4)19-20-14-9-7-10-15-20/h5,7-12,14-17,22H,1,6,13,18-19H2,2-4H3/t22-/m0/s1. The van der Waals surface area contributed by atoms with Crippen LogP contribution in [0.3, 0.4) is 0 Å². The molecule has 0 spiro atoms. The lowest BCUT2D eigenvalue weighted by molar-refractivity contribution is -0.159. The van der Waals surface area contributed by atoms with Crippen LogP contribution in [0.1, 0.15) is 39.2 Å². The van der Waals surface area contributed by atoms with Crippen molar-refractivity contribution in [1.82, 2.24) is 4.31 Å². The molecule has 0 unspecified atom stereocenters. The van der Waals surface area contributed by atoms with Gasteiger partial charge in [0.1, 0.15) is 11.6 Å². The molecule has 0 aliphatic carbocycles. The number of hydrogen-bond acceptors (Lipinski definition) is 4. The molecule has 0 aliphatic heterocycles. The fourth-order valence-corrected chi connectivity index (χ4v) is 3.84. The highest BCUT2D eigenvalue weighted by Gasteiger charge is 2.31. The van der Waals surface area contributed by atoms with Crippen LogP contribution in [0.25, 0.3) is 0 Å². The van der Waals surface area contributed by atoms with Gasteiger partial charge in [-0.2, -0.15) is 0 Å². The molecule has 0 bridgehead atoms. The van der Waals surface area contributed by atoms with Gasteiger partial charge in [-0.15, -0.1) is 6.58 Å². The summed E-state index contributed by atoms with van der Waals surface area (Å²) in [5.74, 6) is -0.182. The Hall–Kier alpha value is -2.04. The molecule has 1 atom stereocenters. The number of benzene rings is 2. The molecule has 0 heterocycles. The molecule has 0 aromatic heterocycles. The van der Waals surface area contributed by atoms with Gasteiger partial charge in [-0.3, -0.25) is 4.79 Å². The fraction of sp³-hybridized carbons (Fsp3) is 0.375. The number of esters is 1. The summed E-state index contributed by atoms with van der Waals surface area (Å²) in [6, 6.07) is 19.9. The van der Waals surface area contributed by atoms with Gasteiger partial charge in [-0.25, -0.2) is 4.31 Å². The maximum absolute atomic E-state index is 13.1. The molecule has 2 aromatic carbocycles. The van der Waals surface area contributed by atoms with Crippen molar-refractivity contribution >= 4 is 17.9 Å². The van der Waals surface area contributed by atoms with E-state index < -0.39 is 5.60 Å². The zero-order valence-electron chi connectivity index (χ0n) is 17.1. The van der Waals surface area contributed by atoms with Crippen molar-refractivity contribution in [2.75, 3.05) is 6.54 Å². The maximum Gasteiger partial charge on any atom is 0.325 e. The molecule has 2 rings (SSSR count). The second-order valence-electron chi connectivity index (χ2n) is 7.71. The van der Waals surface area contributed by atoms with Crippen molar-refractivity contribution in [2.24, 2.45) is 0 Å². The van der Waals surface area contributed by atoms with E-state index >= 15 is 0 Å². The maximum atomic E-state index is 13.1. The minimum absolute atomic E-state index is 0.182. The highest BCUT2D eigenvalue weighted by Crippen LogP contribution is 2.28. The molecule has 0 radical (unpaired) electrons. The number of unbranched alkanes of at least 4 members (excludes halogenated alkanes) is 1. The molecule has 0 fully saturated rings. The number of hydrogen-bond donors (Lipinski definition) is 0. The summed E-state index contributed by atoms with van der Waals surface area (Å²) in [6.07, 6.45) is 4.39. The quantitative estimate of drug-likeness (QED) is 0.216. The lowest BCUT2D eigenvalue weighted by atomic mass is 10.1. The average Bonchev–Trinajstić information content (AvgIpc) is 2.66. The van der Waals surface area contributed by atoms with E-state index in [-0.39, 0.29) is 12.0 Å². The Labute approximate surface area is 173 Å². The molecule has 0 saturated carbocycles. The molecule has 2 aromatic rings. The monoisotopic (exact) mass is 397 g/mol. The van der Waals surface area contributed by atoms with Crippen molar-refractivity contribution in [1.29, 1.82) is 0 Å². The van der Waals surface area contributed by atoms with E-state index in [1.165, 1.54) is 0 Å². The Balaban J connectivity index is 2.28. The normalized spacial score (nSPS) is 12.6. The average molecular weight is 398 g/mol. The minimum Gasteiger partial charge on any atom is -0.459 e. The van der Waals surface area contributed by atoms with Crippen LogP contribution in [0, 0.1) is 0 Å². The second-order valence-corrected chi connectivity index (χ2v) is 8.84. The summed E-state index contributed by atoms with van der Waals surface area (Å²) in [4.78, 5) is 14.2. The van der Waals surface area contributed by atoms with Crippen LogP contribution in [0.5, 0.6) is 0 Å². The van der Waals surface area contributed by atoms with Gasteiger partial charge >= 0.3 is 5.97 Å². The first-order valence-corrected chi connectivity index (χ1v) is 10.5. The molecule has 0 aliphatic rings. The van der Waals surface area contributed by atoms with Crippen LogP contribution in [0.15, 0.2) is 78.2 Å². The van der Waals surface area contributed by atoms with E-state index in [2.05, 4.69) is 35.1 Å². The van der Waals surface area contributed by atoms with Gasteiger partial charge in [0.2, 0.25) is 0 Å². The van der Waals surface area contributed by atoms with E-state index in [9.17, 15) is 4.79 Å². The fourth-order valence-electron chi connectivity index (χ4n) is 2.78. The highest BCUT2D eigenvalue weighted by molar-refractivity contribution is 7.97. The smallest absolute Gasteiger partial charge is 0.325 e. The number of nitrogens with zero attached hydrogens (tertiary/aromatic N) is 1. The number of ether oxygens (including phenoxy) is 1. The van der Waals surface area contributed by atoms with Crippen LogP contribution in [0.4, 0.5) is 0 Å². The Kier molecular flexibility index (Phi) is 8.81. The van der Waals surface area contributed by atoms with Gasteiger partial charge in [0.25, 0.3) is 0 Å². The first-order chi connectivity index (χ1) is 13.4. The lowest BCUT2D eigenvalue weighted by Crippen LogP contribution is -2.43. The van der Waals surface area contributed by atoms with E-state index in [1.54, 1.807) is 11.9 Å². The first kappa shape index (κ1) is 22.3. The van der Waals surface area contributed by atoms with Gasteiger partial charge in [0.15, 0.2) is 0 Å². The number of rotatable bonds is 10. The van der Waals surface area contributed by atoms with Gasteiger partial charge in [-0.05, 0) is 69.7 Å². The van der Waals surface area contributed by atoms with Crippen molar-refractivity contribution in [3.8, 4) is 0 Å². The van der Waals surface area contributed by atoms with Crippen molar-refractivity contribution in [3.63, 3.8) is 0 Å². The van der Waals surface area contributed by atoms with Gasteiger partial charge in [0.05, 0.1) is 0 Å². The predicted molar refractivity (Wildman–Crippen MR) is 118 cm³/mol. The highest BCUT2D eigenvalue weighted by atomic mass is 32.2. The van der Waals surface area contributed by atoms with Gasteiger partial charge < -0.3 is 4.74 Å². The molecule has 0 amide bonds. The zero-order chi connectivity index (χ0) is 20.4. The van der Waals surface area contributed by atoms with Crippen molar-refractivity contribution < 1.29 is 9.53 Å². The first-order valence-electron chi connectivity index (χ1n) is 9.76. The number of allylic oxidation sites excluding steroid dienone is 1. The lowest BCUT2D eigenvalue weighted by Gasteiger charge is -2.31. The molecular formula is C24H31NO2S. The second kappa shape index (κ2) is 11.1. The third-order valence-electron chi connectivity index (χ3n) is 4.05. The van der Waals surface area contributed by atoms with E-state index in [0.29, 0.717) is 6.42 Å². The Morgan fingerprint density at radius 3 is 2.29 bits per heavy atom. The van der Waals surface area contributed by atoms with Crippen LogP contribution in [-0.2, 0) is 16.0 Å². The molecule has 4 heteroatoms. The summed E-state index contributed by atoms with van der Waals surface area (Å²) < 4.78 is 7.95. The van der Waals surface area contributed by atoms with Crippen molar-refractivity contribution in [3.05, 3.63) is 78.9 Å². The van der Waals surface area contributed by atoms with Crippen molar-refractivity contribution in [2.45, 2.75) is 56.6 Å². The third kappa shape index (κ3) is 7.91. The SMILES string of the molecule is C=CCCCN(Sc1ccccc1)[C@@H](Cc1ccccc1)C(=O)OC(C)(C)C.